The highest BCUT2D eigenvalue weighted by atomic mass is 19.1. The fourth-order valence-corrected chi connectivity index (χ4v) is 1.40. The number of amides is 1. The Balaban J connectivity index is 2.48. The normalized spacial score (nSPS) is 12.2. The number of rotatable bonds is 5. The van der Waals surface area contributed by atoms with Crippen LogP contribution in [0.2, 0.25) is 0 Å². The molecule has 1 atom stereocenters. The number of nitrogens with two attached hydrogens (primary N) is 1. The fourth-order valence-electron chi connectivity index (χ4n) is 1.40. The first kappa shape index (κ1) is 12.6. The van der Waals surface area contributed by atoms with Crippen LogP contribution in [0, 0.1) is 5.82 Å². The van der Waals surface area contributed by atoms with E-state index in [0.717, 1.165) is 12.8 Å². The summed E-state index contributed by atoms with van der Waals surface area (Å²) in [6, 6.07) is 5.58. The Labute approximate surface area is 94.8 Å². The lowest BCUT2D eigenvalue weighted by atomic mass is 10.1. The third kappa shape index (κ3) is 3.98. The van der Waals surface area contributed by atoms with Crippen LogP contribution in [0.25, 0.3) is 0 Å². The Hall–Kier alpha value is -1.42. The molecule has 0 saturated carbocycles. The van der Waals surface area contributed by atoms with Crippen molar-refractivity contribution in [1.82, 2.24) is 5.32 Å². The summed E-state index contributed by atoms with van der Waals surface area (Å²) >= 11 is 0. The van der Waals surface area contributed by atoms with Crippen LogP contribution in [0.3, 0.4) is 0 Å². The van der Waals surface area contributed by atoms with Gasteiger partial charge in [0.15, 0.2) is 0 Å². The quantitative estimate of drug-likeness (QED) is 0.799. The first-order chi connectivity index (χ1) is 7.63. The second kappa shape index (κ2) is 6.23. The highest BCUT2D eigenvalue weighted by Gasteiger charge is 2.08. The average Bonchev–Trinajstić information content (AvgIpc) is 2.27. The number of halogens is 1. The lowest BCUT2D eigenvalue weighted by molar-refractivity contribution is 0.0938. The van der Waals surface area contributed by atoms with Gasteiger partial charge in [-0.05, 0) is 50.6 Å². The number of nitrogens with one attached hydrogen (secondary N) is 1. The lowest BCUT2D eigenvalue weighted by Crippen LogP contribution is -2.32. The molecule has 0 bridgehead atoms. The van der Waals surface area contributed by atoms with Crippen molar-refractivity contribution in [2.45, 2.75) is 25.8 Å². The summed E-state index contributed by atoms with van der Waals surface area (Å²) in [6.45, 7) is 2.55. The molecule has 1 aromatic rings. The van der Waals surface area contributed by atoms with Gasteiger partial charge in [-0.25, -0.2) is 4.39 Å². The van der Waals surface area contributed by atoms with Crippen LogP contribution < -0.4 is 11.1 Å². The van der Waals surface area contributed by atoms with E-state index < -0.39 is 0 Å². The zero-order valence-corrected chi connectivity index (χ0v) is 9.37. The van der Waals surface area contributed by atoms with Gasteiger partial charge in [-0.2, -0.15) is 0 Å². The van der Waals surface area contributed by atoms with E-state index in [-0.39, 0.29) is 17.8 Å². The molecule has 0 saturated heterocycles. The Bertz CT molecular complexity index is 337. The van der Waals surface area contributed by atoms with Gasteiger partial charge < -0.3 is 11.1 Å². The van der Waals surface area contributed by atoms with Crippen LogP contribution in [0.1, 0.15) is 30.1 Å². The van der Waals surface area contributed by atoms with Crippen molar-refractivity contribution in [3.63, 3.8) is 0 Å². The Kier molecular flexibility index (Phi) is 4.92. The van der Waals surface area contributed by atoms with E-state index in [1.54, 1.807) is 0 Å². The predicted octanol–water partition coefficient (Wildman–Crippen LogP) is 1.68. The Morgan fingerprint density at radius 1 is 1.44 bits per heavy atom. The minimum atomic E-state index is -0.340. The molecule has 3 nitrogen and oxygen atoms in total. The number of hydrogen-bond acceptors (Lipinski definition) is 2. The van der Waals surface area contributed by atoms with Gasteiger partial charge in [0.1, 0.15) is 5.82 Å². The summed E-state index contributed by atoms with van der Waals surface area (Å²) in [5.41, 5.74) is 5.85. The largest absolute Gasteiger partial charge is 0.350 e. The van der Waals surface area contributed by atoms with Crippen LogP contribution in [0.15, 0.2) is 24.3 Å². The molecule has 3 N–H and O–H groups in total. The molecule has 88 valence electrons. The zero-order chi connectivity index (χ0) is 12.0. The third-order valence-corrected chi connectivity index (χ3v) is 2.33. The molecule has 0 radical (unpaired) electrons. The summed E-state index contributed by atoms with van der Waals surface area (Å²) < 4.78 is 12.6. The van der Waals surface area contributed by atoms with E-state index >= 15 is 0 Å². The summed E-state index contributed by atoms with van der Waals surface area (Å²) in [5.74, 6) is -0.516. The molecule has 0 aliphatic rings. The van der Waals surface area contributed by atoms with Gasteiger partial charge in [-0.3, -0.25) is 4.79 Å². The van der Waals surface area contributed by atoms with E-state index in [4.69, 9.17) is 5.73 Å². The molecular formula is C12H17FN2O. The lowest BCUT2D eigenvalue weighted by Gasteiger charge is -2.13. The maximum atomic E-state index is 12.6. The first-order valence-corrected chi connectivity index (χ1v) is 5.40. The van der Waals surface area contributed by atoms with Crippen LogP contribution >= 0.6 is 0 Å². The summed E-state index contributed by atoms with van der Waals surface area (Å²) in [7, 11) is 0. The maximum Gasteiger partial charge on any atom is 0.251 e. The molecule has 1 amide bonds. The highest BCUT2D eigenvalue weighted by Crippen LogP contribution is 2.04. The van der Waals surface area contributed by atoms with Gasteiger partial charge in [0.05, 0.1) is 0 Å². The summed E-state index contributed by atoms with van der Waals surface area (Å²) in [4.78, 5) is 11.7. The first-order valence-electron chi connectivity index (χ1n) is 5.40. The molecule has 0 aliphatic heterocycles. The fraction of sp³-hybridized carbons (Fsp3) is 0.417. The van der Waals surface area contributed by atoms with Crippen LogP contribution in [0.4, 0.5) is 4.39 Å². The molecule has 1 unspecified atom stereocenters. The SMILES string of the molecule is CC(CCCN)NC(=O)c1ccc(F)cc1. The van der Waals surface area contributed by atoms with Crippen molar-refractivity contribution in [3.8, 4) is 0 Å². The number of hydrogen-bond donors (Lipinski definition) is 2. The van der Waals surface area contributed by atoms with E-state index in [0.29, 0.717) is 12.1 Å². The molecule has 0 fully saturated rings. The van der Waals surface area contributed by atoms with Crippen molar-refractivity contribution < 1.29 is 9.18 Å². The summed E-state index contributed by atoms with van der Waals surface area (Å²) in [5, 5.41) is 2.83. The monoisotopic (exact) mass is 224 g/mol. The van der Waals surface area contributed by atoms with Crippen molar-refractivity contribution in [1.29, 1.82) is 0 Å². The second-order valence-electron chi connectivity index (χ2n) is 3.81. The van der Waals surface area contributed by atoms with E-state index in [2.05, 4.69) is 5.32 Å². The molecule has 1 aromatic carbocycles. The maximum absolute atomic E-state index is 12.6. The molecule has 16 heavy (non-hydrogen) atoms. The van der Waals surface area contributed by atoms with E-state index in [9.17, 15) is 9.18 Å². The minimum Gasteiger partial charge on any atom is -0.350 e. The zero-order valence-electron chi connectivity index (χ0n) is 9.37. The van der Waals surface area contributed by atoms with Crippen molar-refractivity contribution >= 4 is 5.91 Å². The Morgan fingerprint density at radius 3 is 2.62 bits per heavy atom. The molecular weight excluding hydrogens is 207 g/mol. The molecule has 1 rings (SSSR count). The van der Waals surface area contributed by atoms with E-state index in [1.807, 2.05) is 6.92 Å². The number of carbonyl (C=O) groups is 1. The third-order valence-electron chi connectivity index (χ3n) is 2.33. The van der Waals surface area contributed by atoms with Crippen LogP contribution in [-0.4, -0.2) is 18.5 Å². The minimum absolute atomic E-state index is 0.0844. The summed E-state index contributed by atoms with van der Waals surface area (Å²) in [6.07, 6.45) is 1.73. The van der Waals surface area contributed by atoms with Crippen LogP contribution in [-0.2, 0) is 0 Å². The van der Waals surface area contributed by atoms with Crippen molar-refractivity contribution in [2.24, 2.45) is 5.73 Å². The molecule has 4 heteroatoms. The van der Waals surface area contributed by atoms with Gasteiger partial charge >= 0.3 is 0 Å². The van der Waals surface area contributed by atoms with Gasteiger partial charge in [-0.15, -0.1) is 0 Å². The van der Waals surface area contributed by atoms with Crippen LogP contribution in [0.5, 0.6) is 0 Å². The Morgan fingerprint density at radius 2 is 2.06 bits per heavy atom. The number of carbonyl (C=O) groups excluding carboxylic acids is 1. The van der Waals surface area contributed by atoms with Gasteiger partial charge in [0.2, 0.25) is 0 Å². The molecule has 0 aliphatic carbocycles. The predicted molar refractivity (Wildman–Crippen MR) is 61.6 cm³/mol. The van der Waals surface area contributed by atoms with Gasteiger partial charge in [0.25, 0.3) is 5.91 Å². The standard InChI is InChI=1S/C12H17FN2O/c1-9(3-2-8-14)15-12(16)10-4-6-11(13)7-5-10/h4-7,9H,2-3,8,14H2,1H3,(H,15,16). The highest BCUT2D eigenvalue weighted by molar-refractivity contribution is 5.94. The average molecular weight is 224 g/mol. The molecule has 0 heterocycles. The van der Waals surface area contributed by atoms with Crippen molar-refractivity contribution in [3.05, 3.63) is 35.6 Å². The van der Waals surface area contributed by atoms with Gasteiger partial charge in [0, 0.05) is 11.6 Å². The molecule has 0 aromatic heterocycles. The molecule has 0 spiro atoms. The van der Waals surface area contributed by atoms with E-state index in [1.165, 1.54) is 24.3 Å². The topological polar surface area (TPSA) is 55.1 Å². The second-order valence-corrected chi connectivity index (χ2v) is 3.81. The number of benzene rings is 1. The van der Waals surface area contributed by atoms with Gasteiger partial charge in [-0.1, -0.05) is 0 Å². The van der Waals surface area contributed by atoms with Crippen molar-refractivity contribution in [2.75, 3.05) is 6.54 Å². The smallest absolute Gasteiger partial charge is 0.251 e.